The van der Waals surface area contributed by atoms with Crippen LogP contribution in [-0.2, 0) is 19.1 Å². The van der Waals surface area contributed by atoms with E-state index < -0.39 is 18.2 Å². The summed E-state index contributed by atoms with van der Waals surface area (Å²) >= 11 is 0. The van der Waals surface area contributed by atoms with Crippen LogP contribution in [0.1, 0.15) is 42.7 Å². The van der Waals surface area contributed by atoms with Gasteiger partial charge in [-0.05, 0) is 47.9 Å². The van der Waals surface area contributed by atoms with Gasteiger partial charge in [0.15, 0.2) is 6.10 Å². The molecule has 0 spiro atoms. The molecule has 2 aliphatic carbocycles. The van der Waals surface area contributed by atoms with Gasteiger partial charge in [-0.15, -0.1) is 0 Å². The Morgan fingerprint density at radius 1 is 0.971 bits per heavy atom. The zero-order chi connectivity index (χ0) is 24.4. The van der Waals surface area contributed by atoms with Crippen molar-refractivity contribution in [1.82, 2.24) is 10.6 Å². The Balaban J connectivity index is 1.09. The Labute approximate surface area is 204 Å². The van der Waals surface area contributed by atoms with E-state index in [1.165, 1.54) is 11.1 Å². The van der Waals surface area contributed by atoms with Crippen LogP contribution in [0.2, 0.25) is 0 Å². The molecule has 2 amide bonds. The lowest BCUT2D eigenvalue weighted by atomic mass is 9.98. The molecular formula is C27H30N2O6. The maximum Gasteiger partial charge on any atom is 0.407 e. The summed E-state index contributed by atoms with van der Waals surface area (Å²) in [4.78, 5) is 36.4. The smallest absolute Gasteiger partial charge is 0.407 e. The highest BCUT2D eigenvalue weighted by atomic mass is 16.5. The molecule has 1 saturated carbocycles. The third-order valence-electron chi connectivity index (χ3n) is 7.47. The molecule has 3 N–H and O–H groups in total. The van der Waals surface area contributed by atoms with Crippen molar-refractivity contribution in [1.29, 1.82) is 0 Å². The van der Waals surface area contributed by atoms with Crippen LogP contribution in [0.15, 0.2) is 48.5 Å². The summed E-state index contributed by atoms with van der Waals surface area (Å²) in [5, 5.41) is 15.0. The molecule has 5 rings (SSSR count). The Kier molecular flexibility index (Phi) is 6.72. The number of carbonyl (C=O) groups excluding carboxylic acids is 2. The van der Waals surface area contributed by atoms with Gasteiger partial charge in [-0.25, -0.2) is 9.59 Å². The third kappa shape index (κ3) is 4.89. The molecule has 0 radical (unpaired) electrons. The molecule has 1 heterocycles. The monoisotopic (exact) mass is 478 g/mol. The first-order valence-electron chi connectivity index (χ1n) is 12.2. The van der Waals surface area contributed by atoms with Gasteiger partial charge in [0.1, 0.15) is 6.61 Å². The van der Waals surface area contributed by atoms with Crippen LogP contribution in [0.4, 0.5) is 4.79 Å². The summed E-state index contributed by atoms with van der Waals surface area (Å²) < 4.78 is 10.9. The van der Waals surface area contributed by atoms with E-state index in [-0.39, 0.29) is 42.9 Å². The summed E-state index contributed by atoms with van der Waals surface area (Å²) in [6.45, 7) is 0.939. The largest absolute Gasteiger partial charge is 0.479 e. The van der Waals surface area contributed by atoms with Crippen molar-refractivity contribution < 1.29 is 29.0 Å². The number of rotatable bonds is 7. The molecule has 3 aliphatic rings. The number of ether oxygens (including phenoxy) is 2. The molecule has 35 heavy (non-hydrogen) atoms. The fraction of sp³-hybridized carbons (Fsp3) is 0.444. The second-order valence-corrected chi connectivity index (χ2v) is 9.60. The van der Waals surface area contributed by atoms with E-state index >= 15 is 0 Å². The molecule has 2 fully saturated rings. The molecule has 2 aromatic rings. The summed E-state index contributed by atoms with van der Waals surface area (Å²) in [7, 11) is 0. The maximum atomic E-state index is 12.6. The summed E-state index contributed by atoms with van der Waals surface area (Å²) in [6.07, 6.45) is 1.20. The average Bonchev–Trinajstić information content (AvgIpc) is 3.59. The molecule has 4 unspecified atom stereocenters. The number of carbonyl (C=O) groups is 3. The van der Waals surface area contributed by atoms with Crippen LogP contribution in [-0.4, -0.2) is 55.0 Å². The van der Waals surface area contributed by atoms with Crippen molar-refractivity contribution >= 4 is 18.0 Å². The van der Waals surface area contributed by atoms with Gasteiger partial charge in [0.2, 0.25) is 5.91 Å². The molecule has 2 aromatic carbocycles. The van der Waals surface area contributed by atoms with Crippen molar-refractivity contribution in [2.75, 3.05) is 19.8 Å². The second kappa shape index (κ2) is 10.1. The molecular weight excluding hydrogens is 448 g/mol. The van der Waals surface area contributed by atoms with Gasteiger partial charge >= 0.3 is 12.1 Å². The number of amides is 2. The highest BCUT2D eigenvalue weighted by Crippen LogP contribution is 2.44. The fourth-order valence-corrected chi connectivity index (χ4v) is 5.65. The van der Waals surface area contributed by atoms with E-state index in [1.807, 2.05) is 24.3 Å². The maximum absolute atomic E-state index is 12.6. The van der Waals surface area contributed by atoms with E-state index in [0.717, 1.165) is 11.1 Å². The Hall–Kier alpha value is -3.39. The van der Waals surface area contributed by atoms with Crippen molar-refractivity contribution in [3.63, 3.8) is 0 Å². The second-order valence-electron chi connectivity index (χ2n) is 9.60. The van der Waals surface area contributed by atoms with Gasteiger partial charge in [0.05, 0.1) is 0 Å². The van der Waals surface area contributed by atoms with Gasteiger partial charge in [-0.2, -0.15) is 0 Å². The van der Waals surface area contributed by atoms with Crippen LogP contribution in [0.5, 0.6) is 0 Å². The number of aliphatic carboxylic acids is 1. The average molecular weight is 479 g/mol. The lowest BCUT2D eigenvalue weighted by molar-refractivity contribution is -0.149. The lowest BCUT2D eigenvalue weighted by Crippen LogP contribution is -2.39. The number of hydrogen-bond donors (Lipinski definition) is 3. The van der Waals surface area contributed by atoms with E-state index in [0.29, 0.717) is 32.3 Å². The Bertz CT molecular complexity index is 1070. The van der Waals surface area contributed by atoms with Crippen LogP contribution in [0.25, 0.3) is 11.1 Å². The quantitative estimate of drug-likeness (QED) is 0.563. The first kappa shape index (κ1) is 23.4. The molecule has 1 aliphatic heterocycles. The number of alkyl carbamates (subject to hydrolysis) is 1. The molecule has 0 bridgehead atoms. The number of carboxylic acids is 1. The third-order valence-corrected chi connectivity index (χ3v) is 7.47. The van der Waals surface area contributed by atoms with Crippen LogP contribution in [0, 0.1) is 11.8 Å². The zero-order valence-electron chi connectivity index (χ0n) is 19.4. The predicted molar refractivity (Wildman–Crippen MR) is 128 cm³/mol. The zero-order valence-corrected chi connectivity index (χ0v) is 19.4. The van der Waals surface area contributed by atoms with Crippen molar-refractivity contribution in [2.24, 2.45) is 11.8 Å². The van der Waals surface area contributed by atoms with Gasteiger partial charge in [-0.3, -0.25) is 4.79 Å². The Morgan fingerprint density at radius 3 is 2.34 bits per heavy atom. The highest BCUT2D eigenvalue weighted by molar-refractivity contribution is 5.80. The van der Waals surface area contributed by atoms with E-state index in [4.69, 9.17) is 9.47 Å². The van der Waals surface area contributed by atoms with Gasteiger partial charge in [0, 0.05) is 36.9 Å². The van der Waals surface area contributed by atoms with Crippen molar-refractivity contribution in [3.05, 3.63) is 59.7 Å². The molecule has 1 saturated heterocycles. The fourth-order valence-electron chi connectivity index (χ4n) is 5.65. The van der Waals surface area contributed by atoms with E-state index in [1.54, 1.807) is 0 Å². The topological polar surface area (TPSA) is 114 Å². The molecule has 184 valence electrons. The molecule has 8 heteroatoms. The minimum atomic E-state index is -0.991. The van der Waals surface area contributed by atoms with Gasteiger partial charge in [-0.1, -0.05) is 48.5 Å². The van der Waals surface area contributed by atoms with Gasteiger partial charge < -0.3 is 25.2 Å². The van der Waals surface area contributed by atoms with Crippen molar-refractivity contribution in [3.8, 4) is 11.1 Å². The van der Waals surface area contributed by atoms with E-state index in [2.05, 4.69) is 34.9 Å². The highest BCUT2D eigenvalue weighted by Gasteiger charge is 2.36. The van der Waals surface area contributed by atoms with Crippen LogP contribution < -0.4 is 10.6 Å². The minimum Gasteiger partial charge on any atom is -0.479 e. The number of nitrogens with one attached hydrogen (secondary N) is 2. The van der Waals surface area contributed by atoms with Gasteiger partial charge in [0.25, 0.3) is 0 Å². The first-order valence-corrected chi connectivity index (χ1v) is 12.2. The standard InChI is InChI=1S/C27H30N2O6/c30-25(28-14-17-11-12-34-24(17)26(31)32)16-9-10-18(13-16)29-27(33)35-15-23-21-7-3-1-5-19(21)20-6-2-4-8-22(20)23/h1-8,16-18,23-24H,9-15H2,(H,28,30)(H,29,33)(H,31,32). The number of benzene rings is 2. The number of hydrogen-bond acceptors (Lipinski definition) is 5. The number of carboxylic acid groups (broad SMARTS) is 1. The van der Waals surface area contributed by atoms with E-state index in [9.17, 15) is 19.5 Å². The van der Waals surface area contributed by atoms with Crippen molar-refractivity contribution in [2.45, 2.75) is 43.7 Å². The normalized spacial score (nSPS) is 25.0. The summed E-state index contributed by atoms with van der Waals surface area (Å²) in [6, 6.07) is 16.3. The SMILES string of the molecule is O=C(NC1CCC(C(=O)NCC2CCOC2C(=O)O)C1)OCC1c2ccccc2-c2ccccc21. The number of fused-ring (bicyclic) bond motifs is 3. The Morgan fingerprint density at radius 2 is 1.66 bits per heavy atom. The first-order chi connectivity index (χ1) is 17.0. The lowest BCUT2D eigenvalue weighted by Gasteiger charge is -2.18. The molecule has 0 aromatic heterocycles. The van der Waals surface area contributed by atoms with Crippen LogP contribution in [0.3, 0.4) is 0 Å². The predicted octanol–water partition coefficient (Wildman–Crippen LogP) is 3.30. The minimum absolute atomic E-state index is 0.00412. The summed E-state index contributed by atoms with van der Waals surface area (Å²) in [5.41, 5.74) is 4.69. The molecule has 8 nitrogen and oxygen atoms in total. The molecule has 4 atom stereocenters. The van der Waals surface area contributed by atoms with Crippen LogP contribution >= 0.6 is 0 Å². The summed E-state index contributed by atoms with van der Waals surface area (Å²) in [5.74, 6) is -1.51.